The van der Waals surface area contributed by atoms with Crippen LogP contribution in [-0.4, -0.2) is 21.5 Å². The Morgan fingerprint density at radius 2 is 1.09 bits per heavy atom. The first-order valence-corrected chi connectivity index (χ1v) is 13.4. The van der Waals surface area contributed by atoms with Crippen molar-refractivity contribution in [1.82, 2.24) is 9.97 Å². The van der Waals surface area contributed by atoms with Crippen LogP contribution in [0.2, 0.25) is 0 Å². The zero-order valence-corrected chi connectivity index (χ0v) is 20.5. The average molecular weight is 467 g/mol. The van der Waals surface area contributed by atoms with Crippen LogP contribution < -0.4 is 0 Å². The summed E-state index contributed by atoms with van der Waals surface area (Å²) in [5, 5.41) is 3.39. The lowest BCUT2D eigenvalue weighted by Crippen LogP contribution is -1.97. The van der Waals surface area contributed by atoms with E-state index in [-0.39, 0.29) is 11.6 Å². The molecule has 2 aromatic heterocycles. The van der Waals surface area contributed by atoms with E-state index in [4.69, 9.17) is 0 Å². The van der Waals surface area contributed by atoms with E-state index in [9.17, 15) is 9.59 Å². The van der Waals surface area contributed by atoms with Gasteiger partial charge in [0.15, 0.2) is 21.6 Å². The lowest BCUT2D eigenvalue weighted by Gasteiger charge is -1.99. The SMILES string of the molecule is CCCCCCC(=O)c1nc2ccc3c(ccc4nc(C(=O)CCCCCC)sc43)c2s1. The van der Waals surface area contributed by atoms with Crippen LogP contribution in [-0.2, 0) is 0 Å². The quantitative estimate of drug-likeness (QED) is 0.155. The maximum Gasteiger partial charge on any atom is 0.191 e. The van der Waals surface area contributed by atoms with Crippen molar-refractivity contribution in [2.45, 2.75) is 78.1 Å². The summed E-state index contributed by atoms with van der Waals surface area (Å²) in [6.45, 7) is 4.35. The van der Waals surface area contributed by atoms with Gasteiger partial charge in [0.1, 0.15) is 0 Å². The maximum atomic E-state index is 12.6. The van der Waals surface area contributed by atoms with Crippen LogP contribution in [0, 0.1) is 0 Å². The van der Waals surface area contributed by atoms with Crippen LogP contribution >= 0.6 is 22.7 Å². The molecule has 0 amide bonds. The Kier molecular flexibility index (Phi) is 7.63. The van der Waals surface area contributed by atoms with Crippen LogP contribution in [0.1, 0.15) is 97.7 Å². The van der Waals surface area contributed by atoms with Crippen molar-refractivity contribution < 1.29 is 9.59 Å². The number of unbranched alkanes of at least 4 members (excludes halogenated alkanes) is 6. The van der Waals surface area contributed by atoms with E-state index in [0.717, 1.165) is 56.9 Å². The minimum absolute atomic E-state index is 0.144. The molecule has 4 nitrogen and oxygen atoms in total. The second kappa shape index (κ2) is 10.6. The van der Waals surface area contributed by atoms with Crippen molar-refractivity contribution in [3.05, 3.63) is 34.3 Å². The van der Waals surface area contributed by atoms with E-state index >= 15 is 0 Å². The van der Waals surface area contributed by atoms with Gasteiger partial charge in [-0.2, -0.15) is 0 Å². The number of nitrogens with zero attached hydrogens (tertiary/aromatic N) is 2. The molecule has 0 spiro atoms. The number of rotatable bonds is 12. The Bertz CT molecular complexity index is 1160. The molecule has 0 aliphatic carbocycles. The number of Topliss-reactive ketones (excluding diaryl/α,β-unsaturated/α-hetero) is 2. The van der Waals surface area contributed by atoms with Gasteiger partial charge in [-0.3, -0.25) is 9.59 Å². The Balaban J connectivity index is 1.60. The van der Waals surface area contributed by atoms with Crippen molar-refractivity contribution in [3.63, 3.8) is 0 Å². The van der Waals surface area contributed by atoms with Crippen LogP contribution in [0.15, 0.2) is 24.3 Å². The molecule has 0 radical (unpaired) electrons. The highest BCUT2D eigenvalue weighted by Crippen LogP contribution is 2.37. The molecule has 0 saturated carbocycles. The second-order valence-electron chi connectivity index (χ2n) is 8.43. The Labute approximate surface area is 197 Å². The summed E-state index contributed by atoms with van der Waals surface area (Å²) in [5.41, 5.74) is 1.74. The Hall–Kier alpha value is -2.18. The fraction of sp³-hybridized carbons (Fsp3) is 0.462. The third-order valence-corrected chi connectivity index (χ3v) is 8.18. The largest absolute Gasteiger partial charge is 0.292 e. The molecule has 6 heteroatoms. The monoisotopic (exact) mass is 466 g/mol. The highest BCUT2D eigenvalue weighted by atomic mass is 32.1. The highest BCUT2D eigenvalue weighted by molar-refractivity contribution is 7.22. The van der Waals surface area contributed by atoms with Crippen LogP contribution in [0.5, 0.6) is 0 Å². The summed E-state index contributed by atoms with van der Waals surface area (Å²) < 4.78 is 2.09. The van der Waals surface area contributed by atoms with Crippen molar-refractivity contribution in [2.24, 2.45) is 0 Å². The van der Waals surface area contributed by atoms with Gasteiger partial charge < -0.3 is 0 Å². The minimum Gasteiger partial charge on any atom is -0.292 e. The topological polar surface area (TPSA) is 59.9 Å². The molecular formula is C26H30N2O2S2. The molecule has 0 N–H and O–H groups in total. The van der Waals surface area contributed by atoms with E-state index in [1.54, 1.807) is 0 Å². The summed E-state index contributed by atoms with van der Waals surface area (Å²) >= 11 is 2.99. The summed E-state index contributed by atoms with van der Waals surface area (Å²) in [6, 6.07) is 8.10. The third kappa shape index (κ3) is 4.91. The molecule has 32 heavy (non-hydrogen) atoms. The van der Waals surface area contributed by atoms with Crippen molar-refractivity contribution in [3.8, 4) is 0 Å². The van der Waals surface area contributed by atoms with E-state index in [1.165, 1.54) is 48.4 Å². The van der Waals surface area contributed by atoms with Gasteiger partial charge >= 0.3 is 0 Å². The van der Waals surface area contributed by atoms with Gasteiger partial charge in [0.25, 0.3) is 0 Å². The van der Waals surface area contributed by atoms with Gasteiger partial charge in [-0.1, -0.05) is 64.5 Å². The zero-order chi connectivity index (χ0) is 22.5. The first-order chi connectivity index (χ1) is 15.6. The molecule has 0 unspecified atom stereocenters. The standard InChI is InChI=1S/C26H30N2O2S2/c1-3-5-7-9-11-21(29)25-27-19-15-13-18-17(23(19)31-25)14-16-20-24(18)32-26(28-20)22(30)12-10-8-6-4-2/h13-16H,3-12H2,1-2H3. The second-order valence-corrected chi connectivity index (χ2v) is 10.4. The Morgan fingerprint density at radius 1 is 0.656 bits per heavy atom. The zero-order valence-electron chi connectivity index (χ0n) is 18.9. The van der Waals surface area contributed by atoms with Crippen molar-refractivity contribution in [1.29, 1.82) is 0 Å². The average Bonchev–Trinajstić information content (AvgIpc) is 3.43. The van der Waals surface area contributed by atoms with E-state index < -0.39 is 0 Å². The van der Waals surface area contributed by atoms with Gasteiger partial charge in [0.2, 0.25) is 0 Å². The lowest BCUT2D eigenvalue weighted by molar-refractivity contribution is 0.0971. The molecule has 4 rings (SSSR count). The number of thiazole rings is 2. The Morgan fingerprint density at radius 3 is 1.50 bits per heavy atom. The molecule has 0 saturated heterocycles. The number of aromatic nitrogens is 2. The number of fused-ring (bicyclic) bond motifs is 5. The fourth-order valence-electron chi connectivity index (χ4n) is 4.05. The van der Waals surface area contributed by atoms with Gasteiger partial charge in [-0.05, 0) is 25.0 Å². The van der Waals surface area contributed by atoms with Crippen molar-refractivity contribution in [2.75, 3.05) is 0 Å². The van der Waals surface area contributed by atoms with Gasteiger partial charge in [-0.15, -0.1) is 22.7 Å². The first-order valence-electron chi connectivity index (χ1n) is 11.8. The molecular weight excluding hydrogens is 436 g/mol. The van der Waals surface area contributed by atoms with Crippen LogP contribution in [0.3, 0.4) is 0 Å². The van der Waals surface area contributed by atoms with Gasteiger partial charge in [0, 0.05) is 23.6 Å². The molecule has 4 aromatic rings. The van der Waals surface area contributed by atoms with Crippen LogP contribution in [0.25, 0.3) is 31.2 Å². The van der Waals surface area contributed by atoms with Gasteiger partial charge in [0.05, 0.1) is 20.4 Å². The van der Waals surface area contributed by atoms with E-state index in [1.807, 2.05) is 12.1 Å². The van der Waals surface area contributed by atoms with Gasteiger partial charge in [-0.25, -0.2) is 9.97 Å². The molecule has 168 valence electrons. The number of benzene rings is 2. The normalized spacial score (nSPS) is 11.7. The third-order valence-electron chi connectivity index (χ3n) is 5.89. The molecule has 2 heterocycles. The number of hydrogen-bond donors (Lipinski definition) is 0. The summed E-state index contributed by atoms with van der Waals surface area (Å²) in [7, 11) is 0. The number of hydrogen-bond acceptors (Lipinski definition) is 6. The predicted octanol–water partition coefficient (Wildman–Crippen LogP) is 8.37. The molecule has 0 bridgehead atoms. The smallest absolute Gasteiger partial charge is 0.191 e. The highest BCUT2D eigenvalue weighted by Gasteiger charge is 2.17. The molecule has 0 fully saturated rings. The molecule has 0 aliphatic rings. The number of ketones is 2. The number of carbonyl (C=O) groups is 2. The van der Waals surface area contributed by atoms with Crippen LogP contribution in [0.4, 0.5) is 0 Å². The maximum absolute atomic E-state index is 12.6. The van der Waals surface area contributed by atoms with E-state index in [2.05, 4.69) is 35.9 Å². The summed E-state index contributed by atoms with van der Waals surface area (Å²) in [5.74, 6) is 0.288. The minimum atomic E-state index is 0.144. The molecule has 0 aliphatic heterocycles. The van der Waals surface area contributed by atoms with Crippen molar-refractivity contribution >= 4 is 65.4 Å². The molecule has 2 aromatic carbocycles. The predicted molar refractivity (Wildman–Crippen MR) is 136 cm³/mol. The lowest BCUT2D eigenvalue weighted by atomic mass is 10.1. The number of carbonyl (C=O) groups excluding carboxylic acids is 2. The molecule has 0 atom stereocenters. The van der Waals surface area contributed by atoms with E-state index in [0.29, 0.717) is 22.9 Å². The first kappa shape index (κ1) is 23.0. The summed E-state index contributed by atoms with van der Waals surface area (Å²) in [4.78, 5) is 34.5. The summed E-state index contributed by atoms with van der Waals surface area (Å²) in [6.07, 6.45) is 9.87. The fourth-order valence-corrected chi connectivity index (χ4v) is 6.17.